The summed E-state index contributed by atoms with van der Waals surface area (Å²) in [5.41, 5.74) is -0.304. The molecule has 0 saturated heterocycles. The van der Waals surface area contributed by atoms with Gasteiger partial charge in [-0.1, -0.05) is 29.8 Å². The van der Waals surface area contributed by atoms with Gasteiger partial charge in [-0.05, 0) is 30.3 Å². The van der Waals surface area contributed by atoms with Gasteiger partial charge in [-0.2, -0.15) is 13.2 Å². The zero-order valence-corrected chi connectivity index (χ0v) is 14.3. The molecule has 0 radical (unpaired) electrons. The lowest BCUT2D eigenvalue weighted by atomic mass is 10.2. The van der Waals surface area contributed by atoms with Gasteiger partial charge >= 0.3 is 12.1 Å². The molecule has 140 valence electrons. The monoisotopic (exact) mass is 396 g/mol. The fourth-order valence-corrected chi connectivity index (χ4v) is 2.54. The third kappa shape index (κ3) is 4.40. The van der Waals surface area contributed by atoms with Crippen LogP contribution in [0.5, 0.6) is 0 Å². The molecule has 9 heteroatoms. The number of para-hydroxylation sites is 1. The van der Waals surface area contributed by atoms with E-state index in [4.69, 9.17) is 16.3 Å². The van der Waals surface area contributed by atoms with Crippen molar-refractivity contribution >= 4 is 40.1 Å². The summed E-state index contributed by atoms with van der Waals surface area (Å²) in [5.74, 6) is -1.59. The molecule has 1 heterocycles. The fourth-order valence-electron chi connectivity index (χ4n) is 2.38. The smallest absolute Gasteiger partial charge is 0.416 e. The lowest BCUT2D eigenvalue weighted by Crippen LogP contribution is -2.21. The number of halogens is 4. The Bertz CT molecular complexity index is 981. The fraction of sp³-hybridized carbons (Fsp3) is 0.111. The first-order chi connectivity index (χ1) is 12.7. The molecule has 0 unspecified atom stereocenters. The quantitative estimate of drug-likeness (QED) is 0.631. The van der Waals surface area contributed by atoms with Crippen LogP contribution in [0.25, 0.3) is 10.9 Å². The second-order valence-corrected chi connectivity index (χ2v) is 5.99. The number of aromatic amines is 1. The van der Waals surface area contributed by atoms with Crippen molar-refractivity contribution in [1.29, 1.82) is 0 Å². The molecule has 0 atom stereocenters. The summed E-state index contributed by atoms with van der Waals surface area (Å²) in [5, 5.41) is 2.92. The van der Waals surface area contributed by atoms with Crippen LogP contribution in [0.1, 0.15) is 16.1 Å². The lowest BCUT2D eigenvalue weighted by molar-refractivity contribution is -0.137. The van der Waals surface area contributed by atoms with E-state index in [9.17, 15) is 22.8 Å². The lowest BCUT2D eigenvalue weighted by Gasteiger charge is -2.11. The van der Waals surface area contributed by atoms with Crippen LogP contribution >= 0.6 is 11.6 Å². The van der Waals surface area contributed by atoms with E-state index in [0.717, 1.165) is 23.0 Å². The van der Waals surface area contributed by atoms with Gasteiger partial charge in [0.2, 0.25) is 0 Å². The largest absolute Gasteiger partial charge is 0.451 e. The van der Waals surface area contributed by atoms with Crippen LogP contribution in [-0.4, -0.2) is 23.5 Å². The number of alkyl halides is 3. The minimum atomic E-state index is -4.58. The summed E-state index contributed by atoms with van der Waals surface area (Å²) in [6, 6.07) is 11.3. The van der Waals surface area contributed by atoms with Crippen molar-refractivity contribution in [2.24, 2.45) is 0 Å². The number of nitrogens with one attached hydrogen (secondary N) is 2. The average molecular weight is 397 g/mol. The number of ether oxygens (including phenoxy) is 1. The van der Waals surface area contributed by atoms with Gasteiger partial charge in [0.05, 0.1) is 16.3 Å². The van der Waals surface area contributed by atoms with Crippen LogP contribution in [0.15, 0.2) is 48.5 Å². The van der Waals surface area contributed by atoms with Gasteiger partial charge in [-0.25, -0.2) is 4.79 Å². The molecule has 1 amide bonds. The number of benzene rings is 2. The van der Waals surface area contributed by atoms with Crippen molar-refractivity contribution < 1.29 is 27.5 Å². The number of hydrogen-bond acceptors (Lipinski definition) is 3. The molecule has 0 saturated carbocycles. The normalized spacial score (nSPS) is 11.4. The predicted molar refractivity (Wildman–Crippen MR) is 93.7 cm³/mol. The summed E-state index contributed by atoms with van der Waals surface area (Å²) in [4.78, 5) is 26.8. The second-order valence-electron chi connectivity index (χ2n) is 5.59. The first-order valence-electron chi connectivity index (χ1n) is 7.65. The minimum absolute atomic E-state index is 0.0710. The van der Waals surface area contributed by atoms with E-state index < -0.39 is 30.2 Å². The second kappa shape index (κ2) is 7.32. The van der Waals surface area contributed by atoms with Crippen molar-refractivity contribution in [2.45, 2.75) is 6.18 Å². The Labute approximate surface area is 156 Å². The molecule has 3 rings (SSSR count). The molecule has 2 N–H and O–H groups in total. The molecule has 5 nitrogen and oxygen atoms in total. The number of anilines is 1. The Balaban J connectivity index is 1.63. The van der Waals surface area contributed by atoms with Crippen molar-refractivity contribution in [3.63, 3.8) is 0 Å². The van der Waals surface area contributed by atoms with E-state index in [-0.39, 0.29) is 16.4 Å². The SMILES string of the molecule is O=C(COC(=O)c1cc2ccccc2[nH]1)Nc1cc(C(F)(F)F)ccc1Cl. The number of carbonyl (C=O) groups excluding carboxylic acids is 2. The van der Waals surface area contributed by atoms with Gasteiger partial charge in [0, 0.05) is 10.9 Å². The molecular weight excluding hydrogens is 385 g/mol. The molecule has 0 spiro atoms. The summed E-state index contributed by atoms with van der Waals surface area (Å²) in [6.07, 6.45) is -4.58. The van der Waals surface area contributed by atoms with Crippen LogP contribution < -0.4 is 5.32 Å². The first-order valence-corrected chi connectivity index (χ1v) is 8.03. The third-order valence-electron chi connectivity index (χ3n) is 3.65. The number of carbonyl (C=O) groups is 2. The third-order valence-corrected chi connectivity index (χ3v) is 3.98. The maximum atomic E-state index is 12.7. The molecule has 0 bridgehead atoms. The van der Waals surface area contributed by atoms with E-state index in [0.29, 0.717) is 6.07 Å². The molecule has 0 aliphatic rings. The summed E-state index contributed by atoms with van der Waals surface area (Å²) in [7, 11) is 0. The number of aromatic nitrogens is 1. The minimum Gasteiger partial charge on any atom is -0.451 e. The highest BCUT2D eigenvalue weighted by atomic mass is 35.5. The Kier molecular flexibility index (Phi) is 5.09. The zero-order chi connectivity index (χ0) is 19.6. The molecule has 0 aliphatic heterocycles. The number of fused-ring (bicyclic) bond motifs is 1. The average Bonchev–Trinajstić information content (AvgIpc) is 3.05. The van der Waals surface area contributed by atoms with Crippen molar-refractivity contribution in [1.82, 2.24) is 4.98 Å². The first kappa shape index (κ1) is 18.8. The molecular formula is C18H12ClF3N2O3. The van der Waals surface area contributed by atoms with Gasteiger partial charge < -0.3 is 15.0 Å². The van der Waals surface area contributed by atoms with Crippen LogP contribution in [0, 0.1) is 0 Å². The summed E-state index contributed by atoms with van der Waals surface area (Å²) < 4.78 is 43.1. The number of rotatable bonds is 4. The zero-order valence-electron chi connectivity index (χ0n) is 13.6. The Morgan fingerprint density at radius 1 is 1.11 bits per heavy atom. The molecule has 1 aromatic heterocycles. The van der Waals surface area contributed by atoms with Crippen molar-refractivity contribution in [3.05, 3.63) is 64.8 Å². The highest BCUT2D eigenvalue weighted by Crippen LogP contribution is 2.33. The number of hydrogen-bond donors (Lipinski definition) is 2. The van der Waals surface area contributed by atoms with E-state index in [1.54, 1.807) is 30.3 Å². The van der Waals surface area contributed by atoms with Crippen molar-refractivity contribution in [2.75, 3.05) is 11.9 Å². The van der Waals surface area contributed by atoms with E-state index in [1.165, 1.54) is 0 Å². The Hall–Kier alpha value is -3.00. The summed E-state index contributed by atoms with van der Waals surface area (Å²) in [6.45, 7) is -0.680. The Morgan fingerprint density at radius 3 is 2.56 bits per heavy atom. The topological polar surface area (TPSA) is 71.2 Å². The van der Waals surface area contributed by atoms with Crippen LogP contribution in [0.4, 0.5) is 18.9 Å². The van der Waals surface area contributed by atoms with Crippen molar-refractivity contribution in [3.8, 4) is 0 Å². The van der Waals surface area contributed by atoms with Gasteiger partial charge in [-0.15, -0.1) is 0 Å². The molecule has 2 aromatic carbocycles. The highest BCUT2D eigenvalue weighted by molar-refractivity contribution is 6.33. The number of esters is 1. The van der Waals surface area contributed by atoms with Gasteiger partial charge in [0.25, 0.3) is 5.91 Å². The molecule has 0 aliphatic carbocycles. The van der Waals surface area contributed by atoms with Crippen LogP contribution in [0.2, 0.25) is 5.02 Å². The maximum Gasteiger partial charge on any atom is 0.416 e. The molecule has 27 heavy (non-hydrogen) atoms. The maximum absolute atomic E-state index is 12.7. The van der Waals surface area contributed by atoms with E-state index in [1.807, 2.05) is 0 Å². The highest BCUT2D eigenvalue weighted by Gasteiger charge is 2.31. The summed E-state index contributed by atoms with van der Waals surface area (Å²) >= 11 is 5.80. The van der Waals surface area contributed by atoms with Gasteiger partial charge in [0.1, 0.15) is 5.69 Å². The van der Waals surface area contributed by atoms with E-state index >= 15 is 0 Å². The standard InChI is InChI=1S/C18H12ClF3N2O3/c19-12-6-5-11(18(20,21)22)8-14(12)24-16(25)9-27-17(26)15-7-10-3-1-2-4-13(10)23-15/h1-8,23H,9H2,(H,24,25). The van der Waals surface area contributed by atoms with Crippen LogP contribution in [-0.2, 0) is 15.7 Å². The number of H-pyrrole nitrogens is 1. The molecule has 0 fully saturated rings. The predicted octanol–water partition coefficient (Wildman–Crippen LogP) is 4.64. The number of amides is 1. The van der Waals surface area contributed by atoms with E-state index in [2.05, 4.69) is 10.3 Å². The van der Waals surface area contributed by atoms with Crippen LogP contribution in [0.3, 0.4) is 0 Å². The molecule has 3 aromatic rings. The van der Waals surface area contributed by atoms with Gasteiger partial charge in [-0.3, -0.25) is 4.79 Å². The van der Waals surface area contributed by atoms with Gasteiger partial charge in [0.15, 0.2) is 6.61 Å². The Morgan fingerprint density at radius 2 is 1.85 bits per heavy atom.